The maximum absolute atomic E-state index is 13.0. The summed E-state index contributed by atoms with van der Waals surface area (Å²) in [6.07, 6.45) is 5.98. The molecule has 1 fully saturated rings. The smallest absolute Gasteiger partial charge is 0.259 e. The monoisotopic (exact) mass is 461 g/mol. The van der Waals surface area contributed by atoms with Gasteiger partial charge in [-0.3, -0.25) is 9.36 Å². The fourth-order valence-corrected chi connectivity index (χ4v) is 5.11. The summed E-state index contributed by atoms with van der Waals surface area (Å²) < 4.78 is 27.0. The van der Waals surface area contributed by atoms with Crippen molar-refractivity contribution in [3.05, 3.63) is 51.9 Å². The maximum atomic E-state index is 13.0. The van der Waals surface area contributed by atoms with Gasteiger partial charge >= 0.3 is 0 Å². The molecule has 1 aliphatic carbocycles. The number of pyridine rings is 1. The quantitative estimate of drug-likeness (QED) is 0.605. The van der Waals surface area contributed by atoms with E-state index in [9.17, 15) is 13.2 Å². The highest BCUT2D eigenvalue weighted by Crippen LogP contribution is 2.27. The van der Waals surface area contributed by atoms with E-state index < -0.39 is 10.0 Å². The van der Waals surface area contributed by atoms with Crippen LogP contribution in [0.15, 0.2) is 41.3 Å². The molecule has 2 N–H and O–H groups in total. The standard InChI is InChI=1S/C21H24ClN5O3S/c1-27-19-13(11-17(20(27)28)16-5-3-4-6-18(16)22)12-23-21(25-19)24-14-7-9-15(10-8-14)26-31(2,29)30/h3-6,11-12,14-15,26H,7-10H2,1-2H3,(H,23,24,25)/t14-,15-. The number of rotatable bonds is 5. The second-order valence-electron chi connectivity index (χ2n) is 7.96. The van der Waals surface area contributed by atoms with Gasteiger partial charge in [-0.05, 0) is 37.8 Å². The number of hydrogen-bond donors (Lipinski definition) is 2. The highest BCUT2D eigenvalue weighted by molar-refractivity contribution is 7.88. The van der Waals surface area contributed by atoms with Gasteiger partial charge in [0.25, 0.3) is 5.56 Å². The molecule has 0 atom stereocenters. The summed E-state index contributed by atoms with van der Waals surface area (Å²) in [4.78, 5) is 21.9. The molecular weight excluding hydrogens is 438 g/mol. The highest BCUT2D eigenvalue weighted by Gasteiger charge is 2.24. The third-order valence-electron chi connectivity index (χ3n) is 5.55. The summed E-state index contributed by atoms with van der Waals surface area (Å²) in [6.45, 7) is 0. The Morgan fingerprint density at radius 1 is 1.10 bits per heavy atom. The Kier molecular flexibility index (Phi) is 6.00. The normalized spacial score (nSPS) is 19.5. The number of nitrogens with one attached hydrogen (secondary N) is 2. The van der Waals surface area contributed by atoms with E-state index in [1.54, 1.807) is 25.4 Å². The van der Waals surface area contributed by atoms with Crippen molar-refractivity contribution in [2.75, 3.05) is 11.6 Å². The third-order valence-corrected chi connectivity index (χ3v) is 6.64. The summed E-state index contributed by atoms with van der Waals surface area (Å²) in [5.41, 5.74) is 1.53. The van der Waals surface area contributed by atoms with Gasteiger partial charge in [0.1, 0.15) is 5.65 Å². The zero-order chi connectivity index (χ0) is 22.2. The van der Waals surface area contributed by atoms with Crippen LogP contribution in [0, 0.1) is 0 Å². The molecule has 0 spiro atoms. The van der Waals surface area contributed by atoms with E-state index in [0.29, 0.717) is 27.7 Å². The van der Waals surface area contributed by atoms with Crippen LogP contribution in [0.1, 0.15) is 25.7 Å². The number of aryl methyl sites for hydroxylation is 1. The first-order valence-corrected chi connectivity index (χ1v) is 12.3. The summed E-state index contributed by atoms with van der Waals surface area (Å²) >= 11 is 6.29. The van der Waals surface area contributed by atoms with Crippen molar-refractivity contribution in [3.63, 3.8) is 0 Å². The van der Waals surface area contributed by atoms with Gasteiger partial charge in [0.05, 0.1) is 6.26 Å². The lowest BCUT2D eigenvalue weighted by Crippen LogP contribution is -2.39. The molecule has 8 nitrogen and oxygen atoms in total. The second-order valence-corrected chi connectivity index (χ2v) is 10.1. The number of halogens is 1. The fraction of sp³-hybridized carbons (Fsp3) is 0.381. The Labute approximate surface area is 185 Å². The van der Waals surface area contributed by atoms with E-state index in [1.807, 2.05) is 18.2 Å². The van der Waals surface area contributed by atoms with Gasteiger partial charge in [-0.2, -0.15) is 4.98 Å². The van der Waals surface area contributed by atoms with Crippen molar-refractivity contribution in [1.82, 2.24) is 19.3 Å². The lowest BCUT2D eigenvalue weighted by atomic mass is 9.92. The minimum absolute atomic E-state index is 0.0328. The van der Waals surface area contributed by atoms with Crippen molar-refractivity contribution in [2.45, 2.75) is 37.8 Å². The molecule has 2 aromatic heterocycles. The molecule has 0 aliphatic heterocycles. The maximum Gasteiger partial charge on any atom is 0.259 e. The molecular formula is C21H24ClN5O3S. The van der Waals surface area contributed by atoms with Crippen LogP contribution in [-0.2, 0) is 17.1 Å². The minimum Gasteiger partial charge on any atom is -0.351 e. The third kappa shape index (κ3) is 4.89. The summed E-state index contributed by atoms with van der Waals surface area (Å²) in [5.74, 6) is 0.451. The van der Waals surface area contributed by atoms with E-state index in [-0.39, 0.29) is 17.6 Å². The first-order chi connectivity index (χ1) is 14.7. The molecule has 0 amide bonds. The fourth-order valence-electron chi connectivity index (χ4n) is 4.03. The molecule has 0 bridgehead atoms. The number of fused-ring (bicyclic) bond motifs is 1. The van der Waals surface area contributed by atoms with E-state index in [4.69, 9.17) is 11.6 Å². The van der Waals surface area contributed by atoms with E-state index in [2.05, 4.69) is 20.0 Å². The molecule has 0 radical (unpaired) electrons. The first kappa shape index (κ1) is 21.7. The molecule has 2 heterocycles. The van der Waals surface area contributed by atoms with Gasteiger partial charge < -0.3 is 5.32 Å². The lowest BCUT2D eigenvalue weighted by molar-refractivity contribution is 0.387. The van der Waals surface area contributed by atoms with Crippen LogP contribution in [0.4, 0.5) is 5.95 Å². The van der Waals surface area contributed by atoms with Crippen molar-refractivity contribution in [3.8, 4) is 11.1 Å². The van der Waals surface area contributed by atoms with Gasteiger partial charge in [-0.1, -0.05) is 29.8 Å². The van der Waals surface area contributed by atoms with Crippen molar-refractivity contribution in [1.29, 1.82) is 0 Å². The lowest BCUT2D eigenvalue weighted by Gasteiger charge is -2.29. The van der Waals surface area contributed by atoms with Crippen molar-refractivity contribution < 1.29 is 8.42 Å². The van der Waals surface area contributed by atoms with Crippen molar-refractivity contribution >= 4 is 38.6 Å². The van der Waals surface area contributed by atoms with Gasteiger partial charge in [-0.15, -0.1) is 0 Å². The zero-order valence-corrected chi connectivity index (χ0v) is 18.9. The number of aromatic nitrogens is 3. The number of hydrogen-bond acceptors (Lipinski definition) is 6. The summed E-state index contributed by atoms with van der Waals surface area (Å²) in [5, 5.41) is 4.58. The molecule has 0 unspecified atom stereocenters. The van der Waals surface area contributed by atoms with Gasteiger partial charge in [0, 0.05) is 46.9 Å². The average molecular weight is 462 g/mol. The summed E-state index contributed by atoms with van der Waals surface area (Å²) in [6, 6.07) is 9.12. The van der Waals surface area contributed by atoms with Gasteiger partial charge in [-0.25, -0.2) is 18.1 Å². The Hall–Kier alpha value is -2.49. The molecule has 0 saturated heterocycles. The number of nitrogens with zero attached hydrogens (tertiary/aromatic N) is 3. The predicted molar refractivity (Wildman–Crippen MR) is 123 cm³/mol. The van der Waals surface area contributed by atoms with Crippen LogP contribution < -0.4 is 15.6 Å². The highest BCUT2D eigenvalue weighted by atomic mass is 35.5. The Bertz CT molecular complexity index is 1280. The Morgan fingerprint density at radius 3 is 2.45 bits per heavy atom. The van der Waals surface area contributed by atoms with Crippen LogP contribution in [0.3, 0.4) is 0 Å². The predicted octanol–water partition coefficient (Wildman–Crippen LogP) is 2.92. The number of benzene rings is 1. The topological polar surface area (TPSA) is 106 Å². The molecule has 31 heavy (non-hydrogen) atoms. The van der Waals surface area contributed by atoms with Crippen LogP contribution in [0.2, 0.25) is 5.02 Å². The SMILES string of the molecule is Cn1c(=O)c(-c2ccccc2Cl)cc2cnc(N[C@H]3CC[C@H](NS(C)(=O)=O)CC3)nc21. The average Bonchev–Trinajstić information content (AvgIpc) is 2.72. The number of sulfonamides is 1. The zero-order valence-electron chi connectivity index (χ0n) is 17.3. The van der Waals surface area contributed by atoms with Gasteiger partial charge in [0.15, 0.2) is 0 Å². The Balaban J connectivity index is 1.56. The van der Waals surface area contributed by atoms with E-state index in [0.717, 1.165) is 31.1 Å². The second kappa shape index (κ2) is 8.57. The summed E-state index contributed by atoms with van der Waals surface area (Å²) in [7, 11) is -1.51. The van der Waals surface area contributed by atoms with E-state index >= 15 is 0 Å². The largest absolute Gasteiger partial charge is 0.351 e. The molecule has 4 rings (SSSR count). The van der Waals surface area contributed by atoms with Crippen LogP contribution in [-0.4, -0.2) is 41.3 Å². The van der Waals surface area contributed by atoms with Crippen LogP contribution in [0.25, 0.3) is 22.2 Å². The Morgan fingerprint density at radius 2 is 1.77 bits per heavy atom. The molecule has 1 aromatic carbocycles. The van der Waals surface area contributed by atoms with Crippen LogP contribution >= 0.6 is 11.6 Å². The van der Waals surface area contributed by atoms with Crippen molar-refractivity contribution in [2.24, 2.45) is 7.05 Å². The molecule has 10 heteroatoms. The molecule has 1 aliphatic rings. The minimum atomic E-state index is -3.20. The molecule has 164 valence electrons. The molecule has 3 aromatic rings. The van der Waals surface area contributed by atoms with Crippen LogP contribution in [0.5, 0.6) is 0 Å². The first-order valence-electron chi connectivity index (χ1n) is 10.1. The number of anilines is 1. The van der Waals surface area contributed by atoms with Gasteiger partial charge in [0.2, 0.25) is 16.0 Å². The van der Waals surface area contributed by atoms with E-state index in [1.165, 1.54) is 10.8 Å². The molecule has 1 saturated carbocycles.